The van der Waals surface area contributed by atoms with E-state index in [9.17, 15) is 4.79 Å². The van der Waals surface area contributed by atoms with Crippen LogP contribution in [0.25, 0.3) is 0 Å². The van der Waals surface area contributed by atoms with Gasteiger partial charge in [-0.05, 0) is 19.9 Å². The topological polar surface area (TPSA) is 42.0 Å². The molecule has 0 amide bonds. The molecule has 1 aromatic heterocycles. The standard InChI is InChI=1S/C14H22N2OS/c1-9-10(5-6-15-9)11(17)7-13-16-12(8-18-13)14(2,3)4/h8-10,15H,5-7H2,1-4H3. The van der Waals surface area contributed by atoms with Gasteiger partial charge >= 0.3 is 0 Å². The van der Waals surface area contributed by atoms with E-state index < -0.39 is 0 Å². The first-order valence-electron chi connectivity index (χ1n) is 6.59. The van der Waals surface area contributed by atoms with Gasteiger partial charge in [-0.1, -0.05) is 20.8 Å². The Kier molecular flexibility index (Phi) is 3.87. The van der Waals surface area contributed by atoms with Gasteiger partial charge in [-0.3, -0.25) is 4.79 Å². The zero-order valence-corrected chi connectivity index (χ0v) is 12.4. The van der Waals surface area contributed by atoms with Crippen LogP contribution in [0.3, 0.4) is 0 Å². The van der Waals surface area contributed by atoms with Crippen LogP contribution in [0, 0.1) is 5.92 Å². The second kappa shape index (κ2) is 5.10. The summed E-state index contributed by atoms with van der Waals surface area (Å²) in [6, 6.07) is 0.319. The highest BCUT2D eigenvalue weighted by molar-refractivity contribution is 7.09. The minimum Gasteiger partial charge on any atom is -0.314 e. The summed E-state index contributed by atoms with van der Waals surface area (Å²) in [5.41, 5.74) is 1.16. The first-order valence-corrected chi connectivity index (χ1v) is 7.47. The fraction of sp³-hybridized carbons (Fsp3) is 0.714. The van der Waals surface area contributed by atoms with Crippen LogP contribution in [-0.4, -0.2) is 23.4 Å². The van der Waals surface area contributed by atoms with E-state index in [1.807, 2.05) is 0 Å². The molecule has 0 bridgehead atoms. The molecule has 18 heavy (non-hydrogen) atoms. The van der Waals surface area contributed by atoms with E-state index in [4.69, 9.17) is 0 Å². The summed E-state index contributed by atoms with van der Waals surface area (Å²) in [6.45, 7) is 9.50. The Morgan fingerprint density at radius 2 is 2.28 bits per heavy atom. The maximum atomic E-state index is 12.2. The summed E-state index contributed by atoms with van der Waals surface area (Å²) >= 11 is 1.61. The molecule has 0 saturated carbocycles. The Balaban J connectivity index is 2.01. The molecular formula is C14H22N2OS. The Bertz CT molecular complexity index is 433. The molecule has 2 atom stereocenters. The highest BCUT2D eigenvalue weighted by Gasteiger charge is 2.29. The van der Waals surface area contributed by atoms with Crippen LogP contribution in [-0.2, 0) is 16.6 Å². The van der Waals surface area contributed by atoms with Crippen LogP contribution < -0.4 is 5.32 Å². The molecule has 2 heterocycles. The molecule has 0 spiro atoms. The van der Waals surface area contributed by atoms with Crippen molar-refractivity contribution in [2.24, 2.45) is 5.92 Å². The molecule has 0 radical (unpaired) electrons. The van der Waals surface area contributed by atoms with Gasteiger partial charge in [0.2, 0.25) is 0 Å². The number of ketones is 1. The molecule has 1 aliphatic heterocycles. The molecule has 1 aromatic rings. The molecule has 1 aliphatic rings. The Morgan fingerprint density at radius 1 is 1.56 bits per heavy atom. The predicted molar refractivity (Wildman–Crippen MR) is 75.1 cm³/mol. The zero-order chi connectivity index (χ0) is 13.3. The number of hydrogen-bond donors (Lipinski definition) is 1. The number of hydrogen-bond acceptors (Lipinski definition) is 4. The van der Waals surface area contributed by atoms with Gasteiger partial charge in [0.1, 0.15) is 10.8 Å². The third-order valence-corrected chi connectivity index (χ3v) is 4.43. The summed E-state index contributed by atoms with van der Waals surface area (Å²) in [4.78, 5) is 16.8. The Hall–Kier alpha value is -0.740. The highest BCUT2D eigenvalue weighted by Crippen LogP contribution is 2.25. The molecule has 0 aromatic carbocycles. The van der Waals surface area contributed by atoms with Gasteiger partial charge in [0, 0.05) is 22.8 Å². The average Bonchev–Trinajstić information content (AvgIpc) is 2.85. The lowest BCUT2D eigenvalue weighted by atomic mass is 9.93. The van der Waals surface area contributed by atoms with E-state index in [0.717, 1.165) is 23.7 Å². The fourth-order valence-electron chi connectivity index (χ4n) is 2.32. The smallest absolute Gasteiger partial charge is 0.144 e. The number of nitrogens with one attached hydrogen (secondary N) is 1. The minimum atomic E-state index is 0.0694. The van der Waals surface area contributed by atoms with E-state index in [2.05, 4.69) is 43.4 Å². The van der Waals surface area contributed by atoms with Crippen LogP contribution in [0.2, 0.25) is 0 Å². The third-order valence-electron chi connectivity index (χ3n) is 3.58. The van der Waals surface area contributed by atoms with Gasteiger partial charge in [-0.15, -0.1) is 11.3 Å². The number of carbonyl (C=O) groups excluding carboxylic acids is 1. The van der Waals surface area contributed by atoms with Crippen molar-refractivity contribution in [1.29, 1.82) is 0 Å². The first kappa shape index (κ1) is 13.7. The van der Waals surface area contributed by atoms with Gasteiger partial charge < -0.3 is 5.32 Å². The molecule has 3 nitrogen and oxygen atoms in total. The summed E-state index contributed by atoms with van der Waals surface area (Å²) < 4.78 is 0. The second-order valence-corrected chi connectivity index (χ2v) is 7.10. The molecular weight excluding hydrogens is 244 g/mol. The summed E-state index contributed by atoms with van der Waals surface area (Å²) in [5, 5.41) is 6.37. The molecule has 4 heteroatoms. The highest BCUT2D eigenvalue weighted by atomic mass is 32.1. The van der Waals surface area contributed by atoms with Crippen molar-refractivity contribution in [3.63, 3.8) is 0 Å². The van der Waals surface area contributed by atoms with Gasteiger partial charge in [-0.2, -0.15) is 0 Å². The summed E-state index contributed by atoms with van der Waals surface area (Å²) in [5.74, 6) is 0.509. The van der Waals surface area contributed by atoms with Gasteiger partial charge in [0.15, 0.2) is 0 Å². The molecule has 2 rings (SSSR count). The van der Waals surface area contributed by atoms with E-state index in [0.29, 0.717) is 18.2 Å². The molecule has 2 unspecified atom stereocenters. The number of nitrogens with zero attached hydrogens (tertiary/aromatic N) is 1. The molecule has 1 N–H and O–H groups in total. The molecule has 0 aliphatic carbocycles. The summed E-state index contributed by atoms with van der Waals surface area (Å²) in [6.07, 6.45) is 1.47. The van der Waals surface area contributed by atoms with Crippen molar-refractivity contribution < 1.29 is 4.79 Å². The van der Waals surface area contributed by atoms with Crippen LogP contribution in [0.5, 0.6) is 0 Å². The monoisotopic (exact) mass is 266 g/mol. The van der Waals surface area contributed by atoms with Gasteiger partial charge in [0.25, 0.3) is 0 Å². The lowest BCUT2D eigenvalue weighted by Crippen LogP contribution is -2.29. The molecule has 1 saturated heterocycles. The predicted octanol–water partition coefficient (Wildman–Crippen LogP) is 2.55. The lowest BCUT2D eigenvalue weighted by molar-refractivity contribution is -0.122. The third kappa shape index (κ3) is 2.98. The van der Waals surface area contributed by atoms with Crippen molar-refractivity contribution in [2.75, 3.05) is 6.54 Å². The van der Waals surface area contributed by atoms with Crippen molar-refractivity contribution in [3.05, 3.63) is 16.1 Å². The van der Waals surface area contributed by atoms with Crippen molar-refractivity contribution in [1.82, 2.24) is 10.3 Å². The van der Waals surface area contributed by atoms with E-state index in [-0.39, 0.29) is 11.3 Å². The van der Waals surface area contributed by atoms with Crippen LogP contribution >= 0.6 is 11.3 Å². The summed E-state index contributed by atoms with van der Waals surface area (Å²) in [7, 11) is 0. The van der Waals surface area contributed by atoms with Crippen LogP contribution in [0.15, 0.2) is 5.38 Å². The minimum absolute atomic E-state index is 0.0694. The van der Waals surface area contributed by atoms with E-state index in [1.165, 1.54) is 0 Å². The van der Waals surface area contributed by atoms with Crippen molar-refractivity contribution in [2.45, 2.75) is 52.0 Å². The second-order valence-electron chi connectivity index (χ2n) is 6.16. The maximum absolute atomic E-state index is 12.2. The van der Waals surface area contributed by atoms with E-state index in [1.54, 1.807) is 11.3 Å². The number of carbonyl (C=O) groups is 1. The van der Waals surface area contributed by atoms with Crippen molar-refractivity contribution in [3.8, 4) is 0 Å². The lowest BCUT2D eigenvalue weighted by Gasteiger charge is -2.14. The number of rotatable bonds is 3. The fourth-order valence-corrected chi connectivity index (χ4v) is 3.35. The number of thiazole rings is 1. The van der Waals surface area contributed by atoms with Gasteiger partial charge in [0.05, 0.1) is 12.1 Å². The van der Waals surface area contributed by atoms with Gasteiger partial charge in [-0.25, -0.2) is 4.98 Å². The van der Waals surface area contributed by atoms with E-state index >= 15 is 0 Å². The Morgan fingerprint density at radius 3 is 2.78 bits per heavy atom. The van der Waals surface area contributed by atoms with Crippen LogP contribution in [0.1, 0.15) is 44.8 Å². The quantitative estimate of drug-likeness (QED) is 0.914. The SMILES string of the molecule is CC1NCCC1C(=O)Cc1nc(C(C)(C)C)cs1. The van der Waals surface area contributed by atoms with Crippen molar-refractivity contribution >= 4 is 17.1 Å². The largest absolute Gasteiger partial charge is 0.314 e. The average molecular weight is 266 g/mol. The normalized spacial score (nSPS) is 24.4. The first-order chi connectivity index (χ1) is 8.38. The Labute approximate surface area is 113 Å². The number of aromatic nitrogens is 1. The molecule has 100 valence electrons. The zero-order valence-electron chi connectivity index (χ0n) is 11.6. The number of Topliss-reactive ketones (excluding diaryl/α,β-unsaturated/α-hetero) is 1. The maximum Gasteiger partial charge on any atom is 0.144 e. The van der Waals surface area contributed by atoms with Crippen LogP contribution in [0.4, 0.5) is 0 Å². The molecule has 1 fully saturated rings.